The van der Waals surface area contributed by atoms with Gasteiger partial charge in [0.15, 0.2) is 0 Å². The molecule has 0 aliphatic rings. The van der Waals surface area contributed by atoms with Gasteiger partial charge in [-0.15, -0.1) is 0 Å². The number of carbonyl (C=O) groups excluding carboxylic acids is 1. The van der Waals surface area contributed by atoms with Crippen molar-refractivity contribution in [1.29, 1.82) is 0 Å². The van der Waals surface area contributed by atoms with Crippen molar-refractivity contribution < 1.29 is 9.00 Å². The number of imidazole rings is 1. The molecule has 1 heterocycles. The third-order valence-corrected chi connectivity index (χ3v) is 4.01. The van der Waals surface area contributed by atoms with E-state index >= 15 is 0 Å². The summed E-state index contributed by atoms with van der Waals surface area (Å²) in [6.07, 6.45) is 1.60. The van der Waals surface area contributed by atoms with E-state index in [9.17, 15) is 9.00 Å². The Morgan fingerprint density at radius 3 is 2.52 bits per heavy atom. The highest BCUT2D eigenvalue weighted by atomic mass is 32.2. The van der Waals surface area contributed by atoms with Crippen LogP contribution in [0.1, 0.15) is 10.4 Å². The number of fused-ring (bicyclic) bond motifs is 1. The fourth-order valence-corrected chi connectivity index (χ4v) is 2.51. The molecule has 0 saturated heterocycles. The van der Waals surface area contributed by atoms with E-state index in [1.165, 1.54) is 0 Å². The first-order valence-corrected chi connectivity index (χ1v) is 7.89. The molecule has 0 spiro atoms. The van der Waals surface area contributed by atoms with Gasteiger partial charge in [-0.25, -0.2) is 4.98 Å². The number of nitrogens with one attached hydrogen (secondary N) is 2. The molecule has 21 heavy (non-hydrogen) atoms. The number of hydrogen-bond acceptors (Lipinski definition) is 3. The second-order valence-corrected chi connectivity index (χ2v) is 5.91. The van der Waals surface area contributed by atoms with E-state index in [0.717, 1.165) is 11.0 Å². The van der Waals surface area contributed by atoms with Crippen LogP contribution in [0.2, 0.25) is 0 Å². The Morgan fingerprint density at radius 1 is 1.14 bits per heavy atom. The molecule has 1 unspecified atom stereocenters. The summed E-state index contributed by atoms with van der Waals surface area (Å²) in [6, 6.07) is 14.2. The van der Waals surface area contributed by atoms with Crippen LogP contribution < -0.4 is 5.32 Å². The molecule has 5 nitrogen and oxygen atoms in total. The molecular formula is C15H13N3O2S. The highest BCUT2D eigenvalue weighted by Crippen LogP contribution is 2.14. The van der Waals surface area contributed by atoms with Gasteiger partial charge in [-0.05, 0) is 36.4 Å². The zero-order valence-electron chi connectivity index (χ0n) is 11.3. The quantitative estimate of drug-likeness (QED) is 0.780. The number of anilines is 1. The topological polar surface area (TPSA) is 74.8 Å². The molecule has 2 aromatic carbocycles. The minimum Gasteiger partial charge on any atom is -0.324 e. The van der Waals surface area contributed by atoms with Crippen molar-refractivity contribution in [2.75, 3.05) is 11.6 Å². The summed E-state index contributed by atoms with van der Waals surface area (Å²) < 4.78 is 11.3. The Bertz CT molecular complexity index is 791. The van der Waals surface area contributed by atoms with Gasteiger partial charge in [-0.3, -0.25) is 14.3 Å². The third-order valence-electron chi connectivity index (χ3n) is 3.07. The van der Waals surface area contributed by atoms with Gasteiger partial charge in [-0.2, -0.15) is 0 Å². The number of H-pyrrole nitrogens is 1. The smallest absolute Gasteiger partial charge is 0.257 e. The summed E-state index contributed by atoms with van der Waals surface area (Å²) in [6.45, 7) is 0. The Kier molecular flexibility index (Phi) is 3.53. The van der Waals surface area contributed by atoms with Crippen LogP contribution in [-0.2, 0) is 10.8 Å². The SMILES string of the molecule is CS(=O)c1ccc(C(=O)Nc2nc3ccccc3[nH]2)cc1. The van der Waals surface area contributed by atoms with Crippen LogP contribution in [0.3, 0.4) is 0 Å². The van der Waals surface area contributed by atoms with Crippen LogP contribution in [0, 0.1) is 0 Å². The molecule has 0 radical (unpaired) electrons. The number of para-hydroxylation sites is 2. The number of carbonyl (C=O) groups is 1. The van der Waals surface area contributed by atoms with Crippen molar-refractivity contribution in [3.8, 4) is 0 Å². The second-order valence-electron chi connectivity index (χ2n) is 4.54. The van der Waals surface area contributed by atoms with Crippen molar-refractivity contribution in [1.82, 2.24) is 9.97 Å². The predicted molar refractivity (Wildman–Crippen MR) is 82.8 cm³/mol. The number of hydrogen-bond donors (Lipinski definition) is 2. The van der Waals surface area contributed by atoms with Crippen molar-refractivity contribution >= 4 is 33.7 Å². The van der Waals surface area contributed by atoms with Gasteiger partial charge < -0.3 is 4.98 Å². The Balaban J connectivity index is 1.80. The molecule has 6 heteroatoms. The summed E-state index contributed by atoms with van der Waals surface area (Å²) in [7, 11) is -1.05. The molecule has 2 N–H and O–H groups in total. The molecule has 0 aliphatic heterocycles. The predicted octanol–water partition coefficient (Wildman–Crippen LogP) is 2.55. The van der Waals surface area contributed by atoms with E-state index < -0.39 is 10.8 Å². The van der Waals surface area contributed by atoms with Gasteiger partial charge in [0.2, 0.25) is 5.95 Å². The maximum atomic E-state index is 12.1. The molecule has 3 aromatic rings. The van der Waals surface area contributed by atoms with Gasteiger partial charge in [0.05, 0.1) is 11.0 Å². The van der Waals surface area contributed by atoms with Crippen molar-refractivity contribution in [3.63, 3.8) is 0 Å². The lowest BCUT2D eigenvalue weighted by Crippen LogP contribution is -2.12. The average Bonchev–Trinajstić information content (AvgIpc) is 2.89. The van der Waals surface area contributed by atoms with E-state index in [1.54, 1.807) is 30.5 Å². The normalized spacial score (nSPS) is 12.2. The summed E-state index contributed by atoms with van der Waals surface area (Å²) in [4.78, 5) is 20.1. The first-order valence-electron chi connectivity index (χ1n) is 6.33. The van der Waals surface area contributed by atoms with Gasteiger partial charge in [0, 0.05) is 27.5 Å². The fourth-order valence-electron chi connectivity index (χ4n) is 1.99. The zero-order valence-corrected chi connectivity index (χ0v) is 12.1. The molecule has 0 bridgehead atoms. The first-order chi connectivity index (χ1) is 10.1. The average molecular weight is 299 g/mol. The van der Waals surface area contributed by atoms with Gasteiger partial charge in [0.25, 0.3) is 5.91 Å². The first kappa shape index (κ1) is 13.5. The molecule has 1 atom stereocenters. The van der Waals surface area contributed by atoms with E-state index in [2.05, 4.69) is 15.3 Å². The van der Waals surface area contributed by atoms with E-state index in [4.69, 9.17) is 0 Å². The minimum absolute atomic E-state index is 0.262. The summed E-state index contributed by atoms with van der Waals surface area (Å²) in [5, 5.41) is 2.71. The number of aromatic nitrogens is 2. The van der Waals surface area contributed by atoms with Crippen LogP contribution in [0.5, 0.6) is 0 Å². The maximum absolute atomic E-state index is 12.1. The molecule has 3 rings (SSSR count). The van der Waals surface area contributed by atoms with Crippen LogP contribution in [0.25, 0.3) is 11.0 Å². The highest BCUT2D eigenvalue weighted by molar-refractivity contribution is 7.84. The van der Waals surface area contributed by atoms with E-state index in [-0.39, 0.29) is 5.91 Å². The number of nitrogens with zero attached hydrogens (tertiary/aromatic N) is 1. The Labute approximate surface area is 123 Å². The molecule has 1 aromatic heterocycles. The summed E-state index contributed by atoms with van der Waals surface area (Å²) >= 11 is 0. The van der Waals surface area contributed by atoms with E-state index in [0.29, 0.717) is 16.4 Å². The van der Waals surface area contributed by atoms with Gasteiger partial charge in [0.1, 0.15) is 0 Å². The summed E-state index contributed by atoms with van der Waals surface area (Å²) in [5.41, 5.74) is 2.15. The third kappa shape index (κ3) is 2.85. The lowest BCUT2D eigenvalue weighted by atomic mass is 10.2. The number of benzene rings is 2. The van der Waals surface area contributed by atoms with Crippen molar-refractivity contribution in [2.45, 2.75) is 4.90 Å². The fraction of sp³-hybridized carbons (Fsp3) is 0.0667. The highest BCUT2D eigenvalue weighted by Gasteiger charge is 2.09. The van der Waals surface area contributed by atoms with Crippen molar-refractivity contribution in [2.24, 2.45) is 0 Å². The molecule has 0 fully saturated rings. The monoisotopic (exact) mass is 299 g/mol. The number of rotatable bonds is 3. The molecule has 0 saturated carbocycles. The molecule has 1 amide bonds. The second kappa shape index (κ2) is 5.49. The van der Waals surface area contributed by atoms with Crippen molar-refractivity contribution in [3.05, 3.63) is 54.1 Å². The minimum atomic E-state index is -1.05. The largest absolute Gasteiger partial charge is 0.324 e. The number of aromatic amines is 1. The molecular weight excluding hydrogens is 286 g/mol. The summed E-state index contributed by atoms with van der Waals surface area (Å²) in [5.74, 6) is 0.145. The van der Waals surface area contributed by atoms with Crippen LogP contribution in [0.4, 0.5) is 5.95 Å². The maximum Gasteiger partial charge on any atom is 0.257 e. The molecule has 106 valence electrons. The van der Waals surface area contributed by atoms with Gasteiger partial charge >= 0.3 is 0 Å². The van der Waals surface area contributed by atoms with Gasteiger partial charge in [-0.1, -0.05) is 12.1 Å². The van der Waals surface area contributed by atoms with Crippen LogP contribution in [-0.4, -0.2) is 26.3 Å². The Hall–Kier alpha value is -2.47. The Morgan fingerprint density at radius 2 is 1.86 bits per heavy atom. The van der Waals surface area contributed by atoms with Crippen LogP contribution in [0.15, 0.2) is 53.4 Å². The zero-order chi connectivity index (χ0) is 14.8. The lowest BCUT2D eigenvalue weighted by Gasteiger charge is -2.02. The van der Waals surface area contributed by atoms with E-state index in [1.807, 2.05) is 24.3 Å². The van der Waals surface area contributed by atoms with Crippen LogP contribution >= 0.6 is 0 Å². The lowest BCUT2D eigenvalue weighted by molar-refractivity contribution is 0.102. The standard InChI is InChI=1S/C15H13N3O2S/c1-21(20)11-8-6-10(7-9-11)14(19)18-15-16-12-4-2-3-5-13(12)17-15/h2-9H,1H3,(H2,16,17,18,19). The molecule has 0 aliphatic carbocycles. The number of amides is 1.